The molecule has 18 heavy (non-hydrogen) atoms. The largest absolute Gasteiger partial charge is 0.329 e. The van der Waals surface area contributed by atoms with Crippen molar-refractivity contribution >= 4 is 12.0 Å². The first-order valence-corrected chi connectivity index (χ1v) is 5.54. The monoisotopic (exact) mass is 241 g/mol. The number of nitrogens with one attached hydrogen (secondary N) is 1. The van der Waals surface area contributed by atoms with Crippen LogP contribution in [0.4, 0.5) is 4.39 Å². The van der Waals surface area contributed by atoms with Gasteiger partial charge < -0.3 is 5.32 Å². The summed E-state index contributed by atoms with van der Waals surface area (Å²) in [5.41, 5.74) is 1.28. The van der Waals surface area contributed by atoms with E-state index in [0.717, 1.165) is 0 Å². The molecule has 0 spiro atoms. The van der Waals surface area contributed by atoms with E-state index >= 15 is 0 Å². The third-order valence-electron chi connectivity index (χ3n) is 2.37. The van der Waals surface area contributed by atoms with E-state index in [0.29, 0.717) is 11.1 Å². The summed E-state index contributed by atoms with van der Waals surface area (Å²) in [4.78, 5) is 11.7. The minimum Gasteiger partial charge on any atom is -0.329 e. The van der Waals surface area contributed by atoms with Crippen molar-refractivity contribution in [1.82, 2.24) is 5.32 Å². The zero-order valence-electron chi connectivity index (χ0n) is 9.64. The van der Waals surface area contributed by atoms with Gasteiger partial charge in [-0.25, -0.2) is 4.39 Å². The van der Waals surface area contributed by atoms with Crippen LogP contribution in [0.25, 0.3) is 6.08 Å². The highest BCUT2D eigenvalue weighted by atomic mass is 19.1. The zero-order chi connectivity index (χ0) is 12.8. The van der Waals surface area contributed by atoms with Gasteiger partial charge in [-0.1, -0.05) is 30.3 Å². The second-order valence-corrected chi connectivity index (χ2v) is 3.73. The number of carbonyl (C=O) groups excluding carboxylic acids is 1. The maximum atomic E-state index is 12.9. The standard InChI is InChI=1S/C15H12FNO/c16-14-8-4-5-12(11-14)9-10-17-15(18)13-6-2-1-3-7-13/h1-11H,(H,17,18). The predicted molar refractivity (Wildman–Crippen MR) is 69.3 cm³/mol. The van der Waals surface area contributed by atoms with Gasteiger partial charge in [0.25, 0.3) is 5.91 Å². The number of hydrogen-bond acceptors (Lipinski definition) is 1. The van der Waals surface area contributed by atoms with Crippen LogP contribution in [0.15, 0.2) is 60.8 Å². The average molecular weight is 241 g/mol. The summed E-state index contributed by atoms with van der Waals surface area (Å²) in [6.07, 6.45) is 3.15. The van der Waals surface area contributed by atoms with Crippen LogP contribution in [0.5, 0.6) is 0 Å². The molecular weight excluding hydrogens is 229 g/mol. The van der Waals surface area contributed by atoms with Gasteiger partial charge in [0.05, 0.1) is 0 Å². The van der Waals surface area contributed by atoms with E-state index in [1.165, 1.54) is 18.3 Å². The minimum atomic E-state index is -0.300. The van der Waals surface area contributed by atoms with Crippen molar-refractivity contribution in [2.75, 3.05) is 0 Å². The lowest BCUT2D eigenvalue weighted by atomic mass is 10.2. The van der Waals surface area contributed by atoms with Crippen LogP contribution in [-0.4, -0.2) is 5.91 Å². The van der Waals surface area contributed by atoms with Gasteiger partial charge in [-0.05, 0) is 35.9 Å². The number of amides is 1. The second-order valence-electron chi connectivity index (χ2n) is 3.73. The van der Waals surface area contributed by atoms with Gasteiger partial charge in [-0.15, -0.1) is 0 Å². The molecule has 0 unspecified atom stereocenters. The van der Waals surface area contributed by atoms with Crippen LogP contribution in [-0.2, 0) is 0 Å². The van der Waals surface area contributed by atoms with E-state index in [2.05, 4.69) is 5.32 Å². The van der Waals surface area contributed by atoms with Gasteiger partial charge in [-0.2, -0.15) is 0 Å². The van der Waals surface area contributed by atoms with Crippen molar-refractivity contribution in [2.45, 2.75) is 0 Å². The quantitative estimate of drug-likeness (QED) is 0.878. The molecule has 2 rings (SSSR count). The Morgan fingerprint density at radius 1 is 1.06 bits per heavy atom. The molecular formula is C15H12FNO. The van der Waals surface area contributed by atoms with Gasteiger partial charge in [0.2, 0.25) is 0 Å². The topological polar surface area (TPSA) is 29.1 Å². The van der Waals surface area contributed by atoms with E-state index in [1.54, 1.807) is 42.5 Å². The Morgan fingerprint density at radius 2 is 1.83 bits per heavy atom. The maximum absolute atomic E-state index is 12.9. The van der Waals surface area contributed by atoms with Crippen LogP contribution in [0, 0.1) is 5.82 Å². The van der Waals surface area contributed by atoms with Crippen molar-refractivity contribution in [1.29, 1.82) is 0 Å². The summed E-state index contributed by atoms with van der Waals surface area (Å²) in [7, 11) is 0. The Bertz CT molecular complexity index is 564. The van der Waals surface area contributed by atoms with Crippen molar-refractivity contribution in [3.8, 4) is 0 Å². The smallest absolute Gasteiger partial charge is 0.255 e. The number of rotatable bonds is 3. The summed E-state index contributed by atoms with van der Waals surface area (Å²) in [5, 5.41) is 2.62. The summed E-state index contributed by atoms with van der Waals surface area (Å²) in [6, 6.07) is 15.0. The summed E-state index contributed by atoms with van der Waals surface area (Å²) in [6.45, 7) is 0. The third kappa shape index (κ3) is 3.28. The Labute approximate surface area is 105 Å². The lowest BCUT2D eigenvalue weighted by Gasteiger charge is -1.99. The number of carbonyl (C=O) groups is 1. The highest BCUT2D eigenvalue weighted by Crippen LogP contribution is 2.05. The van der Waals surface area contributed by atoms with E-state index in [1.807, 2.05) is 6.07 Å². The molecule has 0 saturated carbocycles. The molecule has 0 aliphatic rings. The number of halogens is 1. The van der Waals surface area contributed by atoms with Crippen molar-refractivity contribution in [3.63, 3.8) is 0 Å². The number of hydrogen-bond donors (Lipinski definition) is 1. The Morgan fingerprint density at radius 3 is 2.56 bits per heavy atom. The zero-order valence-corrected chi connectivity index (χ0v) is 9.64. The minimum absolute atomic E-state index is 0.191. The Hall–Kier alpha value is -2.42. The van der Waals surface area contributed by atoms with Gasteiger partial charge in [0.1, 0.15) is 5.82 Å². The van der Waals surface area contributed by atoms with Crippen LogP contribution in [0.1, 0.15) is 15.9 Å². The molecule has 0 aromatic heterocycles. The second kappa shape index (κ2) is 5.77. The van der Waals surface area contributed by atoms with Gasteiger partial charge in [0.15, 0.2) is 0 Å². The molecule has 0 aliphatic carbocycles. The molecule has 1 amide bonds. The Kier molecular flexibility index (Phi) is 3.86. The van der Waals surface area contributed by atoms with Crippen LogP contribution < -0.4 is 5.32 Å². The molecule has 3 heteroatoms. The average Bonchev–Trinajstić information content (AvgIpc) is 2.40. The molecule has 0 fully saturated rings. The molecule has 0 radical (unpaired) electrons. The normalized spacial score (nSPS) is 10.5. The van der Waals surface area contributed by atoms with E-state index in [4.69, 9.17) is 0 Å². The van der Waals surface area contributed by atoms with E-state index < -0.39 is 0 Å². The van der Waals surface area contributed by atoms with Crippen molar-refractivity contribution in [3.05, 3.63) is 77.7 Å². The van der Waals surface area contributed by atoms with Crippen molar-refractivity contribution in [2.24, 2.45) is 0 Å². The maximum Gasteiger partial charge on any atom is 0.255 e. The van der Waals surface area contributed by atoms with E-state index in [-0.39, 0.29) is 11.7 Å². The van der Waals surface area contributed by atoms with Gasteiger partial charge >= 0.3 is 0 Å². The lowest BCUT2D eigenvalue weighted by molar-refractivity contribution is 0.0970. The molecule has 90 valence electrons. The highest BCUT2D eigenvalue weighted by Gasteiger charge is 2.00. The molecule has 2 aromatic carbocycles. The first-order valence-electron chi connectivity index (χ1n) is 5.54. The fraction of sp³-hybridized carbons (Fsp3) is 0. The summed E-state index contributed by atoms with van der Waals surface area (Å²) < 4.78 is 12.9. The van der Waals surface area contributed by atoms with Crippen LogP contribution >= 0.6 is 0 Å². The van der Waals surface area contributed by atoms with Gasteiger partial charge in [0, 0.05) is 11.8 Å². The highest BCUT2D eigenvalue weighted by molar-refractivity contribution is 5.95. The first-order chi connectivity index (χ1) is 8.75. The van der Waals surface area contributed by atoms with E-state index in [9.17, 15) is 9.18 Å². The molecule has 1 N–H and O–H groups in total. The van der Waals surface area contributed by atoms with Crippen LogP contribution in [0.3, 0.4) is 0 Å². The molecule has 0 aliphatic heterocycles. The van der Waals surface area contributed by atoms with Crippen LogP contribution in [0.2, 0.25) is 0 Å². The first kappa shape index (κ1) is 12.0. The predicted octanol–water partition coefficient (Wildman–Crippen LogP) is 3.23. The molecule has 0 bridgehead atoms. The van der Waals surface area contributed by atoms with Gasteiger partial charge in [-0.3, -0.25) is 4.79 Å². The molecule has 2 aromatic rings. The lowest BCUT2D eigenvalue weighted by Crippen LogP contribution is -2.16. The molecule has 0 atom stereocenters. The number of benzene rings is 2. The summed E-state index contributed by atoms with van der Waals surface area (Å²) in [5.74, 6) is -0.491. The SMILES string of the molecule is O=C(NC=Cc1cccc(F)c1)c1ccccc1. The summed E-state index contributed by atoms with van der Waals surface area (Å²) >= 11 is 0. The molecule has 0 saturated heterocycles. The fourth-order valence-electron chi connectivity index (χ4n) is 1.50. The fourth-order valence-corrected chi connectivity index (χ4v) is 1.50. The Balaban J connectivity index is 1.98. The van der Waals surface area contributed by atoms with Crippen molar-refractivity contribution < 1.29 is 9.18 Å². The molecule has 0 heterocycles. The third-order valence-corrected chi connectivity index (χ3v) is 2.37. The molecule has 2 nitrogen and oxygen atoms in total.